The van der Waals surface area contributed by atoms with Crippen LogP contribution in [0.4, 0.5) is 0 Å². The van der Waals surface area contributed by atoms with Crippen LogP contribution in [0.5, 0.6) is 5.75 Å². The molecule has 0 spiro atoms. The van der Waals surface area contributed by atoms with Crippen LogP contribution >= 0.6 is 0 Å². The van der Waals surface area contributed by atoms with Crippen molar-refractivity contribution >= 4 is 6.29 Å². The third-order valence-electron chi connectivity index (χ3n) is 2.96. The fraction of sp³-hybridized carbons (Fsp3) is 0.235. The molecule has 0 aromatic heterocycles. The molecule has 0 bridgehead atoms. The van der Waals surface area contributed by atoms with Gasteiger partial charge in [0.15, 0.2) is 0 Å². The van der Waals surface area contributed by atoms with Crippen LogP contribution < -0.4 is 4.74 Å². The highest BCUT2D eigenvalue weighted by atomic mass is 16.5. The summed E-state index contributed by atoms with van der Waals surface area (Å²) in [5, 5.41) is 0. The highest BCUT2D eigenvalue weighted by Crippen LogP contribution is 2.24. The number of aldehydes is 1. The van der Waals surface area contributed by atoms with Crippen molar-refractivity contribution in [3.8, 4) is 16.9 Å². The molecule has 0 amide bonds. The van der Waals surface area contributed by atoms with E-state index in [1.807, 2.05) is 42.5 Å². The minimum Gasteiger partial charge on any atom is -0.494 e. The molecule has 0 saturated heterocycles. The third-order valence-corrected chi connectivity index (χ3v) is 2.96. The highest BCUT2D eigenvalue weighted by Gasteiger charge is 2.01. The molecule has 0 N–H and O–H groups in total. The minimum atomic E-state index is 0.690. The van der Waals surface area contributed by atoms with Gasteiger partial charge in [-0.3, -0.25) is 4.79 Å². The minimum absolute atomic E-state index is 0.690. The van der Waals surface area contributed by atoms with Crippen molar-refractivity contribution in [2.24, 2.45) is 0 Å². The van der Waals surface area contributed by atoms with E-state index in [0.29, 0.717) is 5.56 Å². The number of hydrogen-bond donors (Lipinski definition) is 0. The van der Waals surface area contributed by atoms with E-state index in [0.717, 1.165) is 42.6 Å². The second kappa shape index (κ2) is 6.74. The summed E-state index contributed by atoms with van der Waals surface area (Å²) in [6.07, 6.45) is 3.05. The van der Waals surface area contributed by atoms with Gasteiger partial charge in [0.05, 0.1) is 6.61 Å². The summed E-state index contributed by atoms with van der Waals surface area (Å²) in [5.41, 5.74) is 2.79. The van der Waals surface area contributed by atoms with Crippen molar-refractivity contribution < 1.29 is 9.53 Å². The molecule has 0 radical (unpaired) electrons. The molecule has 2 heteroatoms. The molecule has 2 aromatic rings. The van der Waals surface area contributed by atoms with Crippen molar-refractivity contribution in [2.75, 3.05) is 6.61 Å². The Balaban J connectivity index is 2.19. The van der Waals surface area contributed by atoms with Gasteiger partial charge in [0.1, 0.15) is 12.0 Å². The number of benzene rings is 2. The largest absolute Gasteiger partial charge is 0.494 e. The summed E-state index contributed by atoms with van der Waals surface area (Å²) in [5.74, 6) is 0.877. The maximum atomic E-state index is 10.8. The van der Waals surface area contributed by atoms with E-state index >= 15 is 0 Å². The Labute approximate surface area is 114 Å². The second-order valence-corrected chi connectivity index (χ2v) is 4.47. The topological polar surface area (TPSA) is 26.3 Å². The van der Waals surface area contributed by atoms with Crippen LogP contribution in [-0.2, 0) is 0 Å². The van der Waals surface area contributed by atoms with Gasteiger partial charge in [0.25, 0.3) is 0 Å². The SMILES string of the molecule is CCCCOc1cccc(-c2cccc(C=O)c2)c1. The molecule has 2 nitrogen and oxygen atoms in total. The predicted octanol–water partition coefficient (Wildman–Crippen LogP) is 4.35. The van der Waals surface area contributed by atoms with Gasteiger partial charge in [0, 0.05) is 5.56 Å². The Morgan fingerprint density at radius 2 is 1.79 bits per heavy atom. The Morgan fingerprint density at radius 1 is 1.05 bits per heavy atom. The van der Waals surface area contributed by atoms with Crippen molar-refractivity contribution in [2.45, 2.75) is 19.8 Å². The zero-order valence-electron chi connectivity index (χ0n) is 11.1. The van der Waals surface area contributed by atoms with Crippen molar-refractivity contribution in [3.63, 3.8) is 0 Å². The van der Waals surface area contributed by atoms with Crippen LogP contribution in [0.3, 0.4) is 0 Å². The molecule has 98 valence electrons. The molecule has 0 aliphatic carbocycles. The Hall–Kier alpha value is -2.09. The summed E-state index contributed by atoms with van der Waals surface area (Å²) >= 11 is 0. The maximum absolute atomic E-state index is 10.8. The van der Waals surface area contributed by atoms with Crippen molar-refractivity contribution in [3.05, 3.63) is 54.1 Å². The number of carbonyl (C=O) groups excluding carboxylic acids is 1. The highest BCUT2D eigenvalue weighted by molar-refractivity contribution is 5.79. The van der Waals surface area contributed by atoms with Gasteiger partial charge >= 0.3 is 0 Å². The average Bonchev–Trinajstić information content (AvgIpc) is 2.48. The normalized spacial score (nSPS) is 10.2. The number of carbonyl (C=O) groups is 1. The second-order valence-electron chi connectivity index (χ2n) is 4.47. The fourth-order valence-electron chi connectivity index (χ4n) is 1.89. The zero-order valence-corrected chi connectivity index (χ0v) is 11.1. The van der Waals surface area contributed by atoms with Crippen LogP contribution in [0.2, 0.25) is 0 Å². The molecule has 0 fully saturated rings. The number of rotatable bonds is 6. The van der Waals surface area contributed by atoms with Crippen LogP contribution in [0.15, 0.2) is 48.5 Å². The Kier molecular flexibility index (Phi) is 4.73. The van der Waals surface area contributed by atoms with E-state index in [4.69, 9.17) is 4.74 Å². The lowest BCUT2D eigenvalue weighted by molar-refractivity contribution is 0.112. The fourth-order valence-corrected chi connectivity index (χ4v) is 1.89. The predicted molar refractivity (Wildman–Crippen MR) is 77.7 cm³/mol. The van der Waals surface area contributed by atoms with Crippen LogP contribution in [-0.4, -0.2) is 12.9 Å². The van der Waals surface area contributed by atoms with E-state index in [1.54, 1.807) is 6.07 Å². The number of hydrogen-bond acceptors (Lipinski definition) is 2. The first-order valence-corrected chi connectivity index (χ1v) is 6.62. The lowest BCUT2D eigenvalue weighted by atomic mass is 10.0. The molecule has 0 heterocycles. The lowest BCUT2D eigenvalue weighted by Crippen LogP contribution is -1.96. The van der Waals surface area contributed by atoms with Crippen LogP contribution in [0.25, 0.3) is 11.1 Å². The van der Waals surface area contributed by atoms with Gasteiger partial charge in [-0.15, -0.1) is 0 Å². The first kappa shape index (κ1) is 13.3. The summed E-state index contributed by atoms with van der Waals surface area (Å²) in [7, 11) is 0. The lowest BCUT2D eigenvalue weighted by Gasteiger charge is -2.08. The Bertz CT molecular complexity index is 546. The summed E-state index contributed by atoms with van der Waals surface area (Å²) < 4.78 is 5.70. The Morgan fingerprint density at radius 3 is 2.53 bits per heavy atom. The number of ether oxygens (including phenoxy) is 1. The van der Waals surface area contributed by atoms with E-state index < -0.39 is 0 Å². The standard InChI is InChI=1S/C17H18O2/c1-2-3-10-19-17-9-5-8-16(12-17)15-7-4-6-14(11-15)13-18/h4-9,11-13H,2-3,10H2,1H3. The molecule has 0 unspecified atom stereocenters. The van der Waals surface area contributed by atoms with Crippen molar-refractivity contribution in [1.29, 1.82) is 0 Å². The summed E-state index contributed by atoms with van der Waals surface area (Å²) in [4.78, 5) is 10.8. The quantitative estimate of drug-likeness (QED) is 0.566. The molecule has 2 aromatic carbocycles. The third kappa shape index (κ3) is 3.68. The average molecular weight is 254 g/mol. The molecular weight excluding hydrogens is 236 g/mol. The van der Waals surface area contributed by atoms with Gasteiger partial charge in [-0.05, 0) is 35.7 Å². The van der Waals surface area contributed by atoms with E-state index in [9.17, 15) is 4.79 Å². The van der Waals surface area contributed by atoms with E-state index in [1.165, 1.54) is 0 Å². The van der Waals surface area contributed by atoms with E-state index in [-0.39, 0.29) is 0 Å². The maximum Gasteiger partial charge on any atom is 0.150 e. The monoisotopic (exact) mass is 254 g/mol. The summed E-state index contributed by atoms with van der Waals surface area (Å²) in [6.45, 7) is 2.89. The van der Waals surface area contributed by atoms with Crippen LogP contribution in [0, 0.1) is 0 Å². The molecule has 19 heavy (non-hydrogen) atoms. The summed E-state index contributed by atoms with van der Waals surface area (Å²) in [6, 6.07) is 15.6. The van der Waals surface area contributed by atoms with Gasteiger partial charge in [0.2, 0.25) is 0 Å². The molecule has 0 saturated carbocycles. The number of unbranched alkanes of at least 4 members (excludes halogenated alkanes) is 1. The van der Waals surface area contributed by atoms with Gasteiger partial charge in [-0.1, -0.05) is 43.7 Å². The molecular formula is C17H18O2. The van der Waals surface area contributed by atoms with Crippen molar-refractivity contribution in [1.82, 2.24) is 0 Å². The zero-order chi connectivity index (χ0) is 13.5. The molecule has 0 aliphatic rings. The van der Waals surface area contributed by atoms with E-state index in [2.05, 4.69) is 6.92 Å². The molecule has 0 aliphatic heterocycles. The first-order valence-electron chi connectivity index (χ1n) is 6.62. The van der Waals surface area contributed by atoms with Crippen LogP contribution in [0.1, 0.15) is 30.1 Å². The molecule has 0 atom stereocenters. The van der Waals surface area contributed by atoms with Gasteiger partial charge in [-0.2, -0.15) is 0 Å². The van der Waals surface area contributed by atoms with Gasteiger partial charge < -0.3 is 4.74 Å². The smallest absolute Gasteiger partial charge is 0.150 e. The molecule has 2 rings (SSSR count). The first-order chi connectivity index (χ1) is 9.33. The van der Waals surface area contributed by atoms with Gasteiger partial charge in [-0.25, -0.2) is 0 Å².